The van der Waals surface area contributed by atoms with Gasteiger partial charge in [-0.05, 0) is 30.7 Å². The lowest BCUT2D eigenvalue weighted by molar-refractivity contribution is 0.0687. The maximum Gasteiger partial charge on any atom is 0.358 e. The second-order valence-corrected chi connectivity index (χ2v) is 3.67. The lowest BCUT2D eigenvalue weighted by atomic mass is 10.2. The molecule has 1 aromatic heterocycles. The Kier molecular flexibility index (Phi) is 3.23. The van der Waals surface area contributed by atoms with Crippen molar-refractivity contribution in [3.05, 3.63) is 53.6 Å². The Hall–Kier alpha value is -2.43. The maximum absolute atomic E-state index is 13.3. The Morgan fingerprint density at radius 3 is 2.83 bits per heavy atom. The third kappa shape index (κ3) is 2.45. The third-order valence-corrected chi connectivity index (χ3v) is 2.34. The molecule has 0 radical (unpaired) electrons. The van der Waals surface area contributed by atoms with Crippen LogP contribution in [0.5, 0.6) is 11.5 Å². The van der Waals surface area contributed by atoms with Crippen molar-refractivity contribution in [2.45, 2.75) is 6.92 Å². The van der Waals surface area contributed by atoms with Gasteiger partial charge in [0.1, 0.15) is 11.6 Å². The Balaban J connectivity index is 2.34. The smallest absolute Gasteiger partial charge is 0.358 e. The van der Waals surface area contributed by atoms with Crippen LogP contribution in [0, 0.1) is 12.7 Å². The first-order valence-electron chi connectivity index (χ1n) is 5.20. The van der Waals surface area contributed by atoms with Gasteiger partial charge in [-0.15, -0.1) is 0 Å². The third-order valence-electron chi connectivity index (χ3n) is 2.34. The summed E-state index contributed by atoms with van der Waals surface area (Å²) in [6.45, 7) is 1.63. The molecule has 0 spiro atoms. The van der Waals surface area contributed by atoms with Crippen LogP contribution in [0.3, 0.4) is 0 Å². The highest BCUT2D eigenvalue weighted by atomic mass is 19.1. The quantitative estimate of drug-likeness (QED) is 0.905. The standard InChI is InChI=1S/C13H10FNO3/c1-8-4-5-9(7-10(8)14)18-11-3-2-6-15-12(11)13(16)17/h2-7H,1H3,(H,16,17). The van der Waals surface area contributed by atoms with Crippen molar-refractivity contribution in [1.29, 1.82) is 0 Å². The summed E-state index contributed by atoms with van der Waals surface area (Å²) in [5.41, 5.74) is 0.283. The van der Waals surface area contributed by atoms with E-state index in [0.717, 1.165) is 0 Å². The largest absolute Gasteiger partial charge is 0.476 e. The second-order valence-electron chi connectivity index (χ2n) is 3.67. The summed E-state index contributed by atoms with van der Waals surface area (Å²) >= 11 is 0. The summed E-state index contributed by atoms with van der Waals surface area (Å²) in [7, 11) is 0. The highest BCUT2D eigenvalue weighted by Gasteiger charge is 2.13. The molecule has 2 aromatic rings. The molecule has 18 heavy (non-hydrogen) atoms. The fourth-order valence-electron chi connectivity index (χ4n) is 1.40. The van der Waals surface area contributed by atoms with E-state index in [9.17, 15) is 9.18 Å². The molecule has 5 heteroatoms. The van der Waals surface area contributed by atoms with E-state index in [1.165, 1.54) is 18.3 Å². The van der Waals surface area contributed by atoms with E-state index >= 15 is 0 Å². The van der Waals surface area contributed by atoms with Gasteiger partial charge in [-0.3, -0.25) is 0 Å². The van der Waals surface area contributed by atoms with Crippen molar-refractivity contribution < 1.29 is 19.0 Å². The summed E-state index contributed by atoms with van der Waals surface area (Å²) in [6, 6.07) is 7.34. The number of hydrogen-bond donors (Lipinski definition) is 1. The molecule has 2 rings (SSSR count). The Labute approximate surface area is 103 Å². The van der Waals surface area contributed by atoms with Gasteiger partial charge in [0.25, 0.3) is 0 Å². The predicted octanol–water partition coefficient (Wildman–Crippen LogP) is 3.02. The van der Waals surface area contributed by atoms with E-state index in [1.807, 2.05) is 0 Å². The van der Waals surface area contributed by atoms with Crippen LogP contribution >= 0.6 is 0 Å². The first-order chi connectivity index (χ1) is 8.58. The molecule has 1 heterocycles. The van der Waals surface area contributed by atoms with Gasteiger partial charge in [-0.1, -0.05) is 6.07 Å². The average Bonchev–Trinajstić information content (AvgIpc) is 2.34. The van der Waals surface area contributed by atoms with Crippen molar-refractivity contribution in [2.75, 3.05) is 0 Å². The maximum atomic E-state index is 13.3. The van der Waals surface area contributed by atoms with Crippen LogP contribution in [0.25, 0.3) is 0 Å². The van der Waals surface area contributed by atoms with E-state index < -0.39 is 11.8 Å². The van der Waals surface area contributed by atoms with E-state index in [-0.39, 0.29) is 17.2 Å². The first kappa shape index (κ1) is 12.0. The molecular formula is C13H10FNO3. The van der Waals surface area contributed by atoms with E-state index in [0.29, 0.717) is 5.56 Å². The van der Waals surface area contributed by atoms with Crippen molar-refractivity contribution in [1.82, 2.24) is 4.98 Å². The number of nitrogens with zero attached hydrogens (tertiary/aromatic N) is 1. The van der Waals surface area contributed by atoms with Gasteiger partial charge in [0.15, 0.2) is 11.4 Å². The van der Waals surface area contributed by atoms with Crippen LogP contribution in [0.15, 0.2) is 36.5 Å². The van der Waals surface area contributed by atoms with Crippen molar-refractivity contribution >= 4 is 5.97 Å². The molecule has 92 valence electrons. The molecule has 0 aliphatic carbocycles. The van der Waals surface area contributed by atoms with Gasteiger partial charge in [0, 0.05) is 12.3 Å². The Bertz CT molecular complexity index is 599. The molecule has 1 N–H and O–H groups in total. The molecule has 0 amide bonds. The zero-order valence-electron chi connectivity index (χ0n) is 9.55. The predicted molar refractivity (Wildman–Crippen MR) is 62.4 cm³/mol. The number of hydrogen-bond acceptors (Lipinski definition) is 3. The number of ether oxygens (including phenoxy) is 1. The molecule has 0 bridgehead atoms. The Morgan fingerprint density at radius 1 is 1.39 bits per heavy atom. The minimum absolute atomic E-state index is 0.0771. The number of carboxylic acids is 1. The zero-order valence-corrected chi connectivity index (χ0v) is 9.55. The normalized spacial score (nSPS) is 10.1. The van der Waals surface area contributed by atoms with Crippen molar-refractivity contribution in [3.63, 3.8) is 0 Å². The number of halogens is 1. The van der Waals surface area contributed by atoms with Crippen LogP contribution in [0.1, 0.15) is 16.1 Å². The lowest BCUT2D eigenvalue weighted by Crippen LogP contribution is -2.02. The molecule has 0 fully saturated rings. The van der Waals surface area contributed by atoms with Crippen LogP contribution in [-0.4, -0.2) is 16.1 Å². The molecule has 0 aliphatic rings. The molecule has 0 saturated carbocycles. The van der Waals surface area contributed by atoms with Crippen LogP contribution < -0.4 is 4.74 Å². The summed E-state index contributed by atoms with van der Waals surface area (Å²) in [5.74, 6) is -1.30. The highest BCUT2D eigenvalue weighted by Crippen LogP contribution is 2.25. The molecule has 0 aliphatic heterocycles. The molecule has 0 unspecified atom stereocenters. The summed E-state index contributed by atoms with van der Waals surface area (Å²) in [5, 5.41) is 8.93. The van der Waals surface area contributed by atoms with Gasteiger partial charge < -0.3 is 9.84 Å². The fourth-order valence-corrected chi connectivity index (χ4v) is 1.40. The minimum Gasteiger partial charge on any atom is -0.476 e. The van der Waals surface area contributed by atoms with Crippen LogP contribution in [0.4, 0.5) is 4.39 Å². The van der Waals surface area contributed by atoms with Gasteiger partial charge in [-0.2, -0.15) is 0 Å². The van der Waals surface area contributed by atoms with Gasteiger partial charge in [0.2, 0.25) is 0 Å². The topological polar surface area (TPSA) is 59.4 Å². The number of benzene rings is 1. The fraction of sp³-hybridized carbons (Fsp3) is 0.0769. The molecule has 4 nitrogen and oxygen atoms in total. The number of aromatic carboxylic acids is 1. The van der Waals surface area contributed by atoms with Crippen LogP contribution in [-0.2, 0) is 0 Å². The SMILES string of the molecule is Cc1ccc(Oc2cccnc2C(=O)O)cc1F. The number of carboxylic acid groups (broad SMARTS) is 1. The molecule has 1 aromatic carbocycles. The monoisotopic (exact) mass is 247 g/mol. The molecular weight excluding hydrogens is 237 g/mol. The summed E-state index contributed by atoms with van der Waals surface area (Å²) < 4.78 is 18.7. The minimum atomic E-state index is -1.20. The van der Waals surface area contributed by atoms with Crippen molar-refractivity contribution in [2.24, 2.45) is 0 Å². The summed E-state index contributed by atoms with van der Waals surface area (Å²) in [6.07, 6.45) is 1.35. The lowest BCUT2D eigenvalue weighted by Gasteiger charge is -2.08. The van der Waals surface area contributed by atoms with Crippen LogP contribution in [0.2, 0.25) is 0 Å². The number of carbonyl (C=O) groups is 1. The van der Waals surface area contributed by atoms with Gasteiger partial charge in [0.05, 0.1) is 0 Å². The van der Waals surface area contributed by atoms with Crippen molar-refractivity contribution in [3.8, 4) is 11.5 Å². The average molecular weight is 247 g/mol. The number of aromatic nitrogens is 1. The second kappa shape index (κ2) is 4.83. The van der Waals surface area contributed by atoms with E-state index in [4.69, 9.17) is 9.84 Å². The van der Waals surface area contributed by atoms with Gasteiger partial charge in [-0.25, -0.2) is 14.2 Å². The highest BCUT2D eigenvalue weighted by molar-refractivity contribution is 5.88. The number of pyridine rings is 1. The van der Waals surface area contributed by atoms with E-state index in [2.05, 4.69) is 4.98 Å². The number of rotatable bonds is 3. The Morgan fingerprint density at radius 2 is 2.17 bits per heavy atom. The molecule has 0 saturated heterocycles. The summed E-state index contributed by atoms with van der Waals surface area (Å²) in [4.78, 5) is 14.6. The first-order valence-corrected chi connectivity index (χ1v) is 5.20. The van der Waals surface area contributed by atoms with Gasteiger partial charge >= 0.3 is 5.97 Å². The zero-order chi connectivity index (χ0) is 13.1. The van der Waals surface area contributed by atoms with E-state index in [1.54, 1.807) is 25.1 Å². The number of aryl methyl sites for hydroxylation is 1. The molecule has 0 atom stereocenters.